The zero-order chi connectivity index (χ0) is 19.8. The molecular weight excluding hydrogens is 358 g/mol. The molecule has 0 saturated carbocycles. The van der Waals surface area contributed by atoms with Crippen molar-refractivity contribution in [1.82, 2.24) is 14.3 Å². The second kappa shape index (κ2) is 6.99. The summed E-state index contributed by atoms with van der Waals surface area (Å²) in [5.41, 5.74) is 2.95. The molecule has 1 aromatic carbocycles. The summed E-state index contributed by atoms with van der Waals surface area (Å²) in [7, 11) is 1.80. The minimum atomic E-state index is -0.363. The van der Waals surface area contributed by atoms with Crippen LogP contribution < -0.4 is 10.3 Å². The standard InChI is InChI=1S/C21H21N3O4/c1-13-9-18-20(17(10-19(26)28-18)15-11-22-23(2)12-15)21(27)24(13)8-7-14-3-5-16(25)6-4-14/h3-6,9,11-12,17,25H,7-8,10H2,1-2H3/t17-/m1/s1. The maximum absolute atomic E-state index is 13.3. The molecule has 7 nitrogen and oxygen atoms in total. The van der Waals surface area contributed by atoms with Crippen molar-refractivity contribution in [3.63, 3.8) is 0 Å². The van der Waals surface area contributed by atoms with Gasteiger partial charge in [-0.25, -0.2) is 0 Å². The molecule has 0 saturated heterocycles. The number of carbonyl (C=O) groups is 1. The minimum Gasteiger partial charge on any atom is -0.508 e. The molecule has 0 bridgehead atoms. The van der Waals surface area contributed by atoms with Gasteiger partial charge in [0.25, 0.3) is 5.56 Å². The van der Waals surface area contributed by atoms with Crippen LogP contribution in [0.4, 0.5) is 0 Å². The number of carbonyl (C=O) groups excluding carboxylic acids is 1. The summed E-state index contributed by atoms with van der Waals surface area (Å²) in [6.45, 7) is 2.33. The zero-order valence-corrected chi connectivity index (χ0v) is 15.8. The van der Waals surface area contributed by atoms with E-state index in [1.54, 1.807) is 40.7 Å². The summed E-state index contributed by atoms with van der Waals surface area (Å²) >= 11 is 0. The summed E-state index contributed by atoms with van der Waals surface area (Å²) in [6.07, 6.45) is 4.28. The Morgan fingerprint density at radius 2 is 2.00 bits per heavy atom. The SMILES string of the molecule is Cc1cc2c(c(=O)n1CCc1ccc(O)cc1)[C@@H](c1cnn(C)c1)CC(=O)O2. The van der Waals surface area contributed by atoms with Crippen LogP contribution in [0.2, 0.25) is 0 Å². The molecule has 1 N–H and O–H groups in total. The molecule has 0 fully saturated rings. The second-order valence-corrected chi connectivity index (χ2v) is 7.12. The van der Waals surface area contributed by atoms with Crippen LogP contribution >= 0.6 is 0 Å². The first-order chi connectivity index (χ1) is 13.4. The second-order valence-electron chi connectivity index (χ2n) is 7.12. The number of hydrogen-bond acceptors (Lipinski definition) is 5. The first kappa shape index (κ1) is 18.0. The Morgan fingerprint density at radius 1 is 1.25 bits per heavy atom. The summed E-state index contributed by atoms with van der Waals surface area (Å²) in [5, 5.41) is 13.6. The van der Waals surface area contributed by atoms with Crippen molar-refractivity contribution in [2.75, 3.05) is 0 Å². The van der Waals surface area contributed by atoms with Gasteiger partial charge in [0.2, 0.25) is 0 Å². The number of rotatable bonds is 4. The number of nitrogens with zero attached hydrogens (tertiary/aromatic N) is 3. The molecule has 0 amide bonds. The van der Waals surface area contributed by atoms with Crippen LogP contribution in [0.15, 0.2) is 47.5 Å². The summed E-state index contributed by atoms with van der Waals surface area (Å²) in [4.78, 5) is 25.4. The van der Waals surface area contributed by atoms with E-state index in [4.69, 9.17) is 4.74 Å². The lowest BCUT2D eigenvalue weighted by Gasteiger charge is -2.25. The Balaban J connectivity index is 1.72. The zero-order valence-electron chi connectivity index (χ0n) is 15.8. The molecule has 3 aromatic rings. The fourth-order valence-electron chi connectivity index (χ4n) is 3.68. The Hall–Kier alpha value is -3.35. The molecular formula is C21H21N3O4. The number of aromatic hydroxyl groups is 1. The van der Waals surface area contributed by atoms with Gasteiger partial charge in [-0.05, 0) is 36.6 Å². The van der Waals surface area contributed by atoms with Gasteiger partial charge in [-0.2, -0.15) is 5.10 Å². The first-order valence-corrected chi connectivity index (χ1v) is 9.14. The highest BCUT2D eigenvalue weighted by Crippen LogP contribution is 2.36. The number of esters is 1. The van der Waals surface area contributed by atoms with Crippen LogP contribution in [0.5, 0.6) is 11.5 Å². The van der Waals surface area contributed by atoms with E-state index in [0.717, 1.165) is 16.8 Å². The number of pyridine rings is 1. The largest absolute Gasteiger partial charge is 0.508 e. The van der Waals surface area contributed by atoms with Crippen LogP contribution in [0, 0.1) is 6.92 Å². The number of benzene rings is 1. The van der Waals surface area contributed by atoms with Crippen LogP contribution in [-0.2, 0) is 24.8 Å². The maximum Gasteiger partial charge on any atom is 0.312 e. The molecule has 1 aliphatic heterocycles. The Kier molecular flexibility index (Phi) is 4.50. The molecule has 0 aliphatic carbocycles. The van der Waals surface area contributed by atoms with E-state index in [-0.39, 0.29) is 29.6 Å². The van der Waals surface area contributed by atoms with E-state index in [9.17, 15) is 14.7 Å². The smallest absolute Gasteiger partial charge is 0.312 e. The average Bonchev–Trinajstić information content (AvgIpc) is 3.08. The Labute approximate surface area is 161 Å². The molecule has 3 heterocycles. The third-order valence-electron chi connectivity index (χ3n) is 5.14. The van der Waals surface area contributed by atoms with Crippen molar-refractivity contribution in [2.45, 2.75) is 32.2 Å². The van der Waals surface area contributed by atoms with Crippen molar-refractivity contribution < 1.29 is 14.6 Å². The van der Waals surface area contributed by atoms with Crippen molar-refractivity contribution >= 4 is 5.97 Å². The number of phenols is 1. The van der Waals surface area contributed by atoms with E-state index in [2.05, 4.69) is 5.10 Å². The van der Waals surface area contributed by atoms with Gasteiger partial charge in [-0.15, -0.1) is 0 Å². The highest BCUT2D eigenvalue weighted by molar-refractivity contribution is 5.77. The van der Waals surface area contributed by atoms with E-state index in [0.29, 0.717) is 24.3 Å². The predicted octanol–water partition coefficient (Wildman–Crippen LogP) is 2.28. The lowest BCUT2D eigenvalue weighted by Crippen LogP contribution is -2.33. The van der Waals surface area contributed by atoms with Crippen molar-refractivity contribution in [1.29, 1.82) is 0 Å². The number of aryl methyl sites for hydroxylation is 3. The van der Waals surface area contributed by atoms with Gasteiger partial charge in [-0.3, -0.25) is 14.3 Å². The molecule has 4 rings (SSSR count). The maximum atomic E-state index is 13.3. The van der Waals surface area contributed by atoms with Gasteiger partial charge in [0.05, 0.1) is 18.2 Å². The molecule has 28 heavy (non-hydrogen) atoms. The van der Waals surface area contributed by atoms with Crippen LogP contribution in [0.3, 0.4) is 0 Å². The number of phenolic OH excluding ortho intramolecular Hbond substituents is 1. The van der Waals surface area contributed by atoms with E-state index < -0.39 is 0 Å². The molecule has 144 valence electrons. The number of hydrogen-bond donors (Lipinski definition) is 1. The molecule has 2 aromatic heterocycles. The molecule has 7 heteroatoms. The van der Waals surface area contributed by atoms with Gasteiger partial charge in [-0.1, -0.05) is 12.1 Å². The van der Waals surface area contributed by atoms with Crippen LogP contribution in [0.1, 0.15) is 34.7 Å². The summed E-state index contributed by atoms with van der Waals surface area (Å²) in [5.74, 6) is -0.152. The van der Waals surface area contributed by atoms with Gasteiger partial charge in [0.15, 0.2) is 0 Å². The van der Waals surface area contributed by atoms with Crippen molar-refractivity contribution in [3.05, 3.63) is 75.5 Å². The van der Waals surface area contributed by atoms with Crippen LogP contribution in [-0.4, -0.2) is 25.4 Å². The Morgan fingerprint density at radius 3 is 2.68 bits per heavy atom. The Bertz CT molecular complexity index is 1100. The monoisotopic (exact) mass is 379 g/mol. The van der Waals surface area contributed by atoms with Crippen molar-refractivity contribution in [2.24, 2.45) is 7.05 Å². The lowest BCUT2D eigenvalue weighted by atomic mass is 9.88. The third-order valence-corrected chi connectivity index (χ3v) is 5.14. The van der Waals surface area contributed by atoms with Gasteiger partial charge < -0.3 is 14.4 Å². The molecule has 0 radical (unpaired) electrons. The van der Waals surface area contributed by atoms with Gasteiger partial charge >= 0.3 is 5.97 Å². The first-order valence-electron chi connectivity index (χ1n) is 9.14. The molecule has 0 spiro atoms. The number of fused-ring (bicyclic) bond motifs is 1. The average molecular weight is 379 g/mol. The highest BCUT2D eigenvalue weighted by atomic mass is 16.5. The molecule has 0 unspecified atom stereocenters. The van der Waals surface area contributed by atoms with E-state index in [1.807, 2.05) is 25.3 Å². The summed E-state index contributed by atoms with van der Waals surface area (Å²) in [6, 6.07) is 8.71. The van der Waals surface area contributed by atoms with Gasteiger partial charge in [0.1, 0.15) is 11.5 Å². The fourth-order valence-corrected chi connectivity index (χ4v) is 3.68. The fraction of sp³-hybridized carbons (Fsp3) is 0.286. The van der Waals surface area contributed by atoms with Crippen molar-refractivity contribution in [3.8, 4) is 11.5 Å². The van der Waals surface area contributed by atoms with Gasteiger partial charge in [0, 0.05) is 37.5 Å². The summed E-state index contributed by atoms with van der Waals surface area (Å²) < 4.78 is 8.75. The normalized spacial score (nSPS) is 15.9. The quantitative estimate of drug-likeness (QED) is 0.703. The van der Waals surface area contributed by atoms with Crippen LogP contribution in [0.25, 0.3) is 0 Å². The minimum absolute atomic E-state index is 0.120. The van der Waals surface area contributed by atoms with E-state index in [1.165, 1.54) is 0 Å². The third kappa shape index (κ3) is 3.31. The van der Waals surface area contributed by atoms with E-state index >= 15 is 0 Å². The number of aromatic nitrogens is 3. The molecule has 1 atom stereocenters. The molecule has 1 aliphatic rings. The highest BCUT2D eigenvalue weighted by Gasteiger charge is 2.33. The lowest BCUT2D eigenvalue weighted by molar-refractivity contribution is -0.135. The topological polar surface area (TPSA) is 86.4 Å². The predicted molar refractivity (Wildman–Crippen MR) is 103 cm³/mol. The number of ether oxygens (including phenoxy) is 1.